The number of aliphatic hydroxyl groups excluding tert-OH is 1. The quantitative estimate of drug-likeness (QED) is 0.671. The van der Waals surface area contributed by atoms with Crippen LogP contribution in [0.3, 0.4) is 0 Å². The highest BCUT2D eigenvalue weighted by Gasteiger charge is 2.20. The van der Waals surface area contributed by atoms with Gasteiger partial charge < -0.3 is 5.11 Å². The van der Waals surface area contributed by atoms with Crippen LogP contribution in [0.25, 0.3) is 0 Å². The third-order valence-electron chi connectivity index (χ3n) is 2.84. The van der Waals surface area contributed by atoms with Gasteiger partial charge in [-0.15, -0.1) is 0 Å². The van der Waals surface area contributed by atoms with Crippen LogP contribution >= 0.6 is 0 Å². The zero-order valence-electron chi connectivity index (χ0n) is 9.11. The van der Waals surface area contributed by atoms with Crippen LogP contribution < -0.4 is 4.72 Å². The monoisotopic (exact) mass is 235 g/mol. The fraction of sp³-hybridized carbons (Fsp3) is 1.00. The Morgan fingerprint density at radius 2 is 1.87 bits per heavy atom. The summed E-state index contributed by atoms with van der Waals surface area (Å²) < 4.78 is 25.7. The van der Waals surface area contributed by atoms with Crippen LogP contribution in [-0.2, 0) is 10.0 Å². The Bertz CT molecular complexity index is 258. The van der Waals surface area contributed by atoms with Crippen molar-refractivity contribution in [2.75, 3.05) is 18.9 Å². The van der Waals surface area contributed by atoms with Crippen molar-refractivity contribution in [1.29, 1.82) is 0 Å². The fourth-order valence-electron chi connectivity index (χ4n) is 2.03. The molecule has 0 aromatic rings. The van der Waals surface area contributed by atoms with E-state index < -0.39 is 10.0 Å². The van der Waals surface area contributed by atoms with E-state index in [0.717, 1.165) is 25.7 Å². The molecule has 15 heavy (non-hydrogen) atoms. The Balaban J connectivity index is 2.27. The summed E-state index contributed by atoms with van der Waals surface area (Å²) in [7, 11) is -3.11. The van der Waals surface area contributed by atoms with Crippen molar-refractivity contribution in [2.24, 2.45) is 5.92 Å². The number of sulfonamides is 1. The van der Waals surface area contributed by atoms with E-state index in [-0.39, 0.29) is 12.4 Å². The van der Waals surface area contributed by atoms with Gasteiger partial charge in [0.05, 0.1) is 5.75 Å². The maximum absolute atomic E-state index is 11.6. The minimum atomic E-state index is -3.11. The molecule has 0 amide bonds. The van der Waals surface area contributed by atoms with E-state index >= 15 is 0 Å². The Hall–Kier alpha value is -0.130. The first-order valence-electron chi connectivity index (χ1n) is 5.72. The predicted molar refractivity (Wildman–Crippen MR) is 60.1 cm³/mol. The smallest absolute Gasteiger partial charge is 0.211 e. The summed E-state index contributed by atoms with van der Waals surface area (Å²) >= 11 is 0. The third kappa shape index (κ3) is 5.49. The lowest BCUT2D eigenvalue weighted by atomic mass is 9.91. The van der Waals surface area contributed by atoms with Crippen molar-refractivity contribution in [3.05, 3.63) is 0 Å². The van der Waals surface area contributed by atoms with E-state index in [4.69, 9.17) is 5.11 Å². The number of rotatable bonds is 6. The van der Waals surface area contributed by atoms with E-state index in [0.29, 0.717) is 18.9 Å². The average molecular weight is 235 g/mol. The van der Waals surface area contributed by atoms with Crippen molar-refractivity contribution in [3.8, 4) is 0 Å². The van der Waals surface area contributed by atoms with Crippen LogP contribution in [0.5, 0.6) is 0 Å². The molecule has 0 aliphatic heterocycles. The van der Waals surface area contributed by atoms with Gasteiger partial charge in [0.1, 0.15) is 0 Å². The Morgan fingerprint density at radius 3 is 2.47 bits per heavy atom. The van der Waals surface area contributed by atoms with Gasteiger partial charge in [-0.3, -0.25) is 0 Å². The maximum Gasteiger partial charge on any atom is 0.211 e. The zero-order valence-corrected chi connectivity index (χ0v) is 9.93. The molecule has 1 aliphatic rings. The highest BCUT2D eigenvalue weighted by Crippen LogP contribution is 2.24. The highest BCUT2D eigenvalue weighted by molar-refractivity contribution is 7.89. The molecule has 90 valence electrons. The van der Waals surface area contributed by atoms with Crippen LogP contribution in [0.4, 0.5) is 0 Å². The lowest BCUT2D eigenvalue weighted by Gasteiger charge is -2.21. The summed E-state index contributed by atoms with van der Waals surface area (Å²) in [5, 5.41) is 8.55. The summed E-state index contributed by atoms with van der Waals surface area (Å²) in [5.74, 6) is 0.601. The highest BCUT2D eigenvalue weighted by atomic mass is 32.2. The second-order valence-corrected chi connectivity index (χ2v) is 6.11. The van der Waals surface area contributed by atoms with Crippen molar-refractivity contribution < 1.29 is 13.5 Å². The molecule has 0 bridgehead atoms. The molecule has 1 rings (SSSR count). The SMILES string of the molecule is O=S(=O)(CC1CCCCC1)NCCCO. The number of hydrogen-bond acceptors (Lipinski definition) is 3. The average Bonchev–Trinajstić information content (AvgIpc) is 2.18. The van der Waals surface area contributed by atoms with E-state index in [1.807, 2.05) is 0 Å². The largest absolute Gasteiger partial charge is 0.396 e. The molecular formula is C10H21NO3S. The van der Waals surface area contributed by atoms with Gasteiger partial charge in [0.25, 0.3) is 0 Å². The van der Waals surface area contributed by atoms with Gasteiger partial charge >= 0.3 is 0 Å². The lowest BCUT2D eigenvalue weighted by molar-refractivity contribution is 0.289. The summed E-state index contributed by atoms with van der Waals surface area (Å²) in [4.78, 5) is 0. The van der Waals surface area contributed by atoms with E-state index in [1.165, 1.54) is 6.42 Å². The van der Waals surface area contributed by atoms with Crippen molar-refractivity contribution in [1.82, 2.24) is 4.72 Å². The minimum Gasteiger partial charge on any atom is -0.396 e. The molecule has 1 saturated carbocycles. The molecule has 4 nitrogen and oxygen atoms in total. The van der Waals surface area contributed by atoms with Crippen molar-refractivity contribution in [2.45, 2.75) is 38.5 Å². The minimum absolute atomic E-state index is 0.0337. The lowest BCUT2D eigenvalue weighted by Crippen LogP contribution is -2.31. The molecule has 0 unspecified atom stereocenters. The normalized spacial score (nSPS) is 19.3. The molecule has 2 N–H and O–H groups in total. The third-order valence-corrected chi connectivity index (χ3v) is 4.39. The molecule has 1 aliphatic carbocycles. The first-order valence-corrected chi connectivity index (χ1v) is 7.37. The Labute approximate surface area is 92.1 Å². The molecule has 0 spiro atoms. The first kappa shape index (κ1) is 12.9. The molecule has 0 heterocycles. The topological polar surface area (TPSA) is 66.4 Å². The summed E-state index contributed by atoms with van der Waals surface area (Å²) in [6.07, 6.45) is 6.15. The van der Waals surface area contributed by atoms with Crippen molar-refractivity contribution in [3.63, 3.8) is 0 Å². The predicted octanol–water partition coefficient (Wildman–Crippen LogP) is 0.869. The van der Waals surface area contributed by atoms with Gasteiger partial charge in [-0.2, -0.15) is 0 Å². The van der Waals surface area contributed by atoms with Gasteiger partial charge in [-0.05, 0) is 25.2 Å². The molecule has 0 saturated heterocycles. The summed E-state index contributed by atoms with van der Waals surface area (Å²) in [5.41, 5.74) is 0. The van der Waals surface area contributed by atoms with E-state index in [1.54, 1.807) is 0 Å². The Kier molecular flexibility index (Phi) is 5.56. The summed E-state index contributed by atoms with van der Waals surface area (Å²) in [6, 6.07) is 0. The van der Waals surface area contributed by atoms with Crippen LogP contribution in [0.1, 0.15) is 38.5 Å². The Morgan fingerprint density at radius 1 is 1.20 bits per heavy atom. The molecular weight excluding hydrogens is 214 g/mol. The molecule has 0 radical (unpaired) electrons. The second kappa shape index (κ2) is 6.45. The first-order chi connectivity index (χ1) is 7.14. The second-order valence-electron chi connectivity index (χ2n) is 4.26. The maximum atomic E-state index is 11.6. The van der Waals surface area contributed by atoms with Gasteiger partial charge in [-0.25, -0.2) is 13.1 Å². The van der Waals surface area contributed by atoms with Gasteiger partial charge in [0, 0.05) is 13.2 Å². The number of aliphatic hydroxyl groups is 1. The van der Waals surface area contributed by atoms with Crippen LogP contribution in [0, 0.1) is 5.92 Å². The standard InChI is InChI=1S/C10H21NO3S/c12-8-4-7-11-15(13,14)9-10-5-2-1-3-6-10/h10-12H,1-9H2. The van der Waals surface area contributed by atoms with E-state index in [9.17, 15) is 8.42 Å². The zero-order chi connectivity index (χ0) is 11.1. The molecule has 0 atom stereocenters. The van der Waals surface area contributed by atoms with Gasteiger partial charge in [-0.1, -0.05) is 19.3 Å². The number of hydrogen-bond donors (Lipinski definition) is 2. The van der Waals surface area contributed by atoms with Gasteiger partial charge in [0.2, 0.25) is 10.0 Å². The van der Waals surface area contributed by atoms with Gasteiger partial charge in [0.15, 0.2) is 0 Å². The fourth-order valence-corrected chi connectivity index (χ4v) is 3.56. The molecule has 0 aromatic heterocycles. The molecule has 1 fully saturated rings. The van der Waals surface area contributed by atoms with Crippen LogP contribution in [0.2, 0.25) is 0 Å². The van der Waals surface area contributed by atoms with Crippen molar-refractivity contribution >= 4 is 10.0 Å². The molecule has 5 heteroatoms. The van der Waals surface area contributed by atoms with Crippen LogP contribution in [0.15, 0.2) is 0 Å². The van der Waals surface area contributed by atoms with Crippen LogP contribution in [-0.4, -0.2) is 32.4 Å². The number of nitrogens with one attached hydrogen (secondary N) is 1. The van der Waals surface area contributed by atoms with E-state index in [2.05, 4.69) is 4.72 Å². The molecule has 0 aromatic carbocycles. The summed E-state index contributed by atoms with van der Waals surface area (Å²) in [6.45, 7) is 0.386.